The average molecular weight is 506 g/mol. The summed E-state index contributed by atoms with van der Waals surface area (Å²) in [7, 11) is 0. The molecule has 0 aliphatic heterocycles. The zero-order valence-electron chi connectivity index (χ0n) is 19.5. The van der Waals surface area contributed by atoms with Gasteiger partial charge >= 0.3 is 11.9 Å². The lowest BCUT2D eigenvalue weighted by atomic mass is 10.0. The van der Waals surface area contributed by atoms with Gasteiger partial charge in [-0.15, -0.1) is 0 Å². The van der Waals surface area contributed by atoms with Gasteiger partial charge in [0.1, 0.15) is 18.1 Å². The average Bonchev–Trinajstić information content (AvgIpc) is 2.74. The Bertz CT molecular complexity index is 748. The predicted octanol–water partition coefficient (Wildman–Crippen LogP) is -1.61. The fraction of sp³-hybridized carbons (Fsp3) is 0.700. The Morgan fingerprint density at radius 3 is 1.71 bits per heavy atom. The van der Waals surface area contributed by atoms with Gasteiger partial charge in [0.15, 0.2) is 0 Å². The first-order chi connectivity index (χ1) is 15.8. The second-order valence-electron chi connectivity index (χ2n) is 8.01. The van der Waals surface area contributed by atoms with Crippen LogP contribution in [-0.4, -0.2) is 82.0 Å². The second kappa shape index (κ2) is 15.9. The number of amides is 4. The van der Waals surface area contributed by atoms with Gasteiger partial charge in [0.2, 0.25) is 23.6 Å². The van der Waals surface area contributed by atoms with E-state index in [1.165, 1.54) is 11.8 Å². The van der Waals surface area contributed by atoms with Crippen LogP contribution in [0.25, 0.3) is 0 Å². The van der Waals surface area contributed by atoms with Gasteiger partial charge in [-0.25, -0.2) is 4.79 Å². The van der Waals surface area contributed by atoms with Crippen molar-refractivity contribution in [3.05, 3.63) is 0 Å². The standard InChI is InChI=1S/C20H35N5O8S/c1-10(2)16(22)19(31)24-12(8-9-34-3)18(30)23-11(4-6-14(21)26)17(29)25-13(20(32)33)5-7-15(27)28/h10-13,16H,4-9,22H2,1-3H3,(H2,21,26)(H,23,30)(H,24,31)(H,25,29)(H,27,28)(H,32,33). The minimum atomic E-state index is -1.52. The van der Waals surface area contributed by atoms with Gasteiger partial charge in [0, 0.05) is 12.8 Å². The summed E-state index contributed by atoms with van der Waals surface area (Å²) in [5.41, 5.74) is 11.0. The van der Waals surface area contributed by atoms with E-state index in [1.807, 2.05) is 6.26 Å². The molecular weight excluding hydrogens is 470 g/mol. The summed E-state index contributed by atoms with van der Waals surface area (Å²) >= 11 is 1.43. The first kappa shape index (κ1) is 31.1. The van der Waals surface area contributed by atoms with E-state index < -0.39 is 66.2 Å². The molecule has 0 bridgehead atoms. The highest BCUT2D eigenvalue weighted by molar-refractivity contribution is 7.98. The fourth-order valence-corrected chi connectivity index (χ4v) is 3.17. The van der Waals surface area contributed by atoms with Gasteiger partial charge in [-0.2, -0.15) is 11.8 Å². The van der Waals surface area contributed by atoms with Crippen LogP contribution in [0.4, 0.5) is 0 Å². The molecule has 0 saturated carbocycles. The maximum absolute atomic E-state index is 12.9. The SMILES string of the molecule is CSCCC(NC(=O)C(N)C(C)C)C(=O)NC(CCC(N)=O)C(=O)NC(CCC(=O)O)C(=O)O. The van der Waals surface area contributed by atoms with E-state index in [9.17, 15) is 33.9 Å². The van der Waals surface area contributed by atoms with Gasteiger partial charge in [0.05, 0.1) is 6.04 Å². The van der Waals surface area contributed by atoms with Crippen LogP contribution in [0.5, 0.6) is 0 Å². The number of hydrogen-bond donors (Lipinski definition) is 7. The highest BCUT2D eigenvalue weighted by Gasteiger charge is 2.31. The fourth-order valence-electron chi connectivity index (χ4n) is 2.70. The van der Waals surface area contributed by atoms with Gasteiger partial charge in [-0.05, 0) is 37.2 Å². The largest absolute Gasteiger partial charge is 0.481 e. The number of nitrogens with two attached hydrogens (primary N) is 2. The monoisotopic (exact) mass is 505 g/mol. The van der Waals surface area contributed by atoms with Crippen molar-refractivity contribution in [3.63, 3.8) is 0 Å². The maximum Gasteiger partial charge on any atom is 0.326 e. The van der Waals surface area contributed by atoms with E-state index in [2.05, 4.69) is 16.0 Å². The van der Waals surface area contributed by atoms with Crippen molar-refractivity contribution < 1.29 is 39.0 Å². The summed E-state index contributed by atoms with van der Waals surface area (Å²) in [4.78, 5) is 71.3. The van der Waals surface area contributed by atoms with E-state index >= 15 is 0 Å². The lowest BCUT2D eigenvalue weighted by Gasteiger charge is -2.25. The Morgan fingerprint density at radius 1 is 0.794 bits per heavy atom. The van der Waals surface area contributed by atoms with E-state index in [-0.39, 0.29) is 31.6 Å². The number of carbonyl (C=O) groups excluding carboxylic acids is 4. The summed E-state index contributed by atoms with van der Waals surface area (Å²) in [5.74, 6) is -5.33. The number of thioether (sulfide) groups is 1. The van der Waals surface area contributed by atoms with Crippen molar-refractivity contribution in [1.82, 2.24) is 16.0 Å². The number of primary amides is 1. The molecule has 4 atom stereocenters. The lowest BCUT2D eigenvalue weighted by Crippen LogP contribution is -2.57. The predicted molar refractivity (Wildman–Crippen MR) is 125 cm³/mol. The molecule has 0 aromatic carbocycles. The van der Waals surface area contributed by atoms with Crippen LogP contribution >= 0.6 is 11.8 Å². The molecule has 0 fully saturated rings. The summed E-state index contributed by atoms with van der Waals surface area (Å²) in [6.07, 6.45) is 0.631. The Kier molecular flexibility index (Phi) is 14.5. The molecule has 13 nitrogen and oxygen atoms in total. The molecule has 0 aliphatic rings. The molecule has 0 radical (unpaired) electrons. The summed E-state index contributed by atoms with van der Waals surface area (Å²) < 4.78 is 0. The van der Waals surface area contributed by atoms with Crippen molar-refractivity contribution in [2.75, 3.05) is 12.0 Å². The zero-order valence-corrected chi connectivity index (χ0v) is 20.4. The molecule has 0 aromatic heterocycles. The molecule has 0 heterocycles. The molecule has 4 amide bonds. The maximum atomic E-state index is 12.9. The molecular formula is C20H35N5O8S. The molecule has 0 aliphatic carbocycles. The Labute approximate surface area is 202 Å². The third-order valence-corrected chi connectivity index (χ3v) is 5.48. The second-order valence-corrected chi connectivity index (χ2v) is 9.00. The van der Waals surface area contributed by atoms with Gasteiger partial charge in [-0.3, -0.25) is 24.0 Å². The first-order valence-electron chi connectivity index (χ1n) is 10.7. The highest BCUT2D eigenvalue weighted by atomic mass is 32.2. The normalized spacial score (nSPS) is 14.4. The Hall–Kier alpha value is -2.87. The third-order valence-electron chi connectivity index (χ3n) is 4.84. The molecule has 0 rings (SSSR count). The van der Waals surface area contributed by atoms with E-state index in [1.54, 1.807) is 13.8 Å². The van der Waals surface area contributed by atoms with Crippen LogP contribution in [0.15, 0.2) is 0 Å². The van der Waals surface area contributed by atoms with Crippen molar-refractivity contribution in [2.45, 2.75) is 70.1 Å². The van der Waals surface area contributed by atoms with Crippen LogP contribution < -0.4 is 27.4 Å². The summed E-state index contributed by atoms with van der Waals surface area (Å²) in [6, 6.07) is -4.76. The summed E-state index contributed by atoms with van der Waals surface area (Å²) in [5, 5.41) is 25.2. The van der Waals surface area contributed by atoms with Crippen LogP contribution in [0.1, 0.15) is 46.0 Å². The van der Waals surface area contributed by atoms with E-state index in [4.69, 9.17) is 16.6 Å². The first-order valence-corrected chi connectivity index (χ1v) is 12.1. The molecule has 0 saturated heterocycles. The number of carboxylic acid groups (broad SMARTS) is 2. The quantitative estimate of drug-likeness (QED) is 0.119. The minimum Gasteiger partial charge on any atom is -0.481 e. The molecule has 9 N–H and O–H groups in total. The van der Waals surface area contributed by atoms with Crippen LogP contribution in [0, 0.1) is 5.92 Å². The Balaban J connectivity index is 5.55. The number of nitrogens with one attached hydrogen (secondary N) is 3. The molecule has 194 valence electrons. The van der Waals surface area contributed by atoms with Crippen molar-refractivity contribution >= 4 is 47.3 Å². The van der Waals surface area contributed by atoms with Crippen LogP contribution in [-0.2, 0) is 28.8 Å². The number of carboxylic acids is 2. The smallest absolute Gasteiger partial charge is 0.326 e. The minimum absolute atomic E-state index is 0.183. The van der Waals surface area contributed by atoms with E-state index in [0.717, 1.165) is 0 Å². The number of carbonyl (C=O) groups is 6. The van der Waals surface area contributed by atoms with Gasteiger partial charge in [-0.1, -0.05) is 13.8 Å². The molecule has 4 unspecified atom stereocenters. The zero-order chi connectivity index (χ0) is 26.4. The van der Waals surface area contributed by atoms with Crippen molar-refractivity contribution in [1.29, 1.82) is 0 Å². The lowest BCUT2D eigenvalue weighted by molar-refractivity contribution is -0.143. The van der Waals surface area contributed by atoms with Gasteiger partial charge < -0.3 is 37.6 Å². The van der Waals surface area contributed by atoms with E-state index in [0.29, 0.717) is 5.75 Å². The van der Waals surface area contributed by atoms with Gasteiger partial charge in [0.25, 0.3) is 0 Å². The molecule has 14 heteroatoms. The number of rotatable bonds is 17. The van der Waals surface area contributed by atoms with Crippen LogP contribution in [0.3, 0.4) is 0 Å². The third kappa shape index (κ3) is 12.4. The molecule has 34 heavy (non-hydrogen) atoms. The van der Waals surface area contributed by atoms with Crippen molar-refractivity contribution in [2.24, 2.45) is 17.4 Å². The summed E-state index contributed by atoms with van der Waals surface area (Å²) in [6.45, 7) is 3.49. The highest BCUT2D eigenvalue weighted by Crippen LogP contribution is 2.07. The topological polar surface area (TPSA) is 231 Å². The molecule has 0 spiro atoms. The molecule has 0 aromatic rings. The number of aliphatic carboxylic acids is 2. The van der Waals surface area contributed by atoms with Crippen molar-refractivity contribution in [3.8, 4) is 0 Å². The Morgan fingerprint density at radius 2 is 1.26 bits per heavy atom. The van der Waals surface area contributed by atoms with Crippen LogP contribution in [0.2, 0.25) is 0 Å². The number of hydrogen-bond acceptors (Lipinski definition) is 8.